The number of carbonyl (C=O) groups is 1. The van der Waals surface area contributed by atoms with Crippen molar-refractivity contribution in [3.8, 4) is 0 Å². The molecule has 4 nitrogen and oxygen atoms in total. The van der Waals surface area contributed by atoms with Gasteiger partial charge in [0.1, 0.15) is 6.10 Å². The number of nitrogens with two attached hydrogens (primary N) is 1. The zero-order chi connectivity index (χ0) is 13.0. The molecular weight excluding hydrogens is 228 g/mol. The molecule has 1 amide bonds. The van der Waals surface area contributed by atoms with Gasteiger partial charge < -0.3 is 16.2 Å². The van der Waals surface area contributed by atoms with Gasteiger partial charge in [-0.2, -0.15) is 0 Å². The standard InChI is InChI=1S/C14H20N2O2/c15-12(9-6-10-4-2-1-3-5-10)13(17)14(18)16-11-7-8-11/h1-5,11-13,17H,6-9,15H2,(H,16,18). The van der Waals surface area contributed by atoms with E-state index >= 15 is 0 Å². The molecule has 18 heavy (non-hydrogen) atoms. The molecule has 1 saturated carbocycles. The third kappa shape index (κ3) is 3.82. The lowest BCUT2D eigenvalue weighted by atomic mass is 10.0. The smallest absolute Gasteiger partial charge is 0.250 e. The van der Waals surface area contributed by atoms with Crippen molar-refractivity contribution in [3.05, 3.63) is 35.9 Å². The molecule has 1 aliphatic rings. The maximum Gasteiger partial charge on any atom is 0.250 e. The molecule has 4 N–H and O–H groups in total. The van der Waals surface area contributed by atoms with Gasteiger partial charge in [-0.1, -0.05) is 30.3 Å². The van der Waals surface area contributed by atoms with E-state index in [1.807, 2.05) is 30.3 Å². The molecule has 1 aliphatic carbocycles. The molecule has 4 heteroatoms. The second kappa shape index (κ2) is 5.98. The third-order valence-electron chi connectivity index (χ3n) is 3.21. The van der Waals surface area contributed by atoms with Crippen molar-refractivity contribution in [2.24, 2.45) is 5.73 Å². The first-order valence-corrected chi connectivity index (χ1v) is 6.45. The number of carbonyl (C=O) groups excluding carboxylic acids is 1. The highest BCUT2D eigenvalue weighted by Gasteiger charge is 2.29. The van der Waals surface area contributed by atoms with Crippen molar-refractivity contribution in [3.63, 3.8) is 0 Å². The van der Waals surface area contributed by atoms with Gasteiger partial charge in [0, 0.05) is 12.1 Å². The monoisotopic (exact) mass is 248 g/mol. The summed E-state index contributed by atoms with van der Waals surface area (Å²) in [6.07, 6.45) is 2.29. The molecule has 1 aromatic rings. The fraction of sp³-hybridized carbons (Fsp3) is 0.500. The molecule has 0 radical (unpaired) electrons. The number of hydrogen-bond donors (Lipinski definition) is 3. The van der Waals surface area contributed by atoms with Crippen molar-refractivity contribution >= 4 is 5.91 Å². The van der Waals surface area contributed by atoms with Crippen LogP contribution in [0.4, 0.5) is 0 Å². The van der Waals surface area contributed by atoms with E-state index in [4.69, 9.17) is 5.73 Å². The zero-order valence-corrected chi connectivity index (χ0v) is 10.4. The Morgan fingerprint density at radius 1 is 1.39 bits per heavy atom. The molecule has 1 fully saturated rings. The van der Waals surface area contributed by atoms with Crippen molar-refractivity contribution in [2.45, 2.75) is 43.9 Å². The van der Waals surface area contributed by atoms with E-state index < -0.39 is 12.1 Å². The lowest BCUT2D eigenvalue weighted by Crippen LogP contribution is -2.47. The second-order valence-electron chi connectivity index (χ2n) is 4.92. The number of hydrogen-bond acceptors (Lipinski definition) is 3. The van der Waals surface area contributed by atoms with Crippen molar-refractivity contribution < 1.29 is 9.90 Å². The Balaban J connectivity index is 1.76. The molecule has 0 saturated heterocycles. The van der Waals surface area contributed by atoms with Gasteiger partial charge in [0.2, 0.25) is 0 Å². The molecule has 0 bridgehead atoms. The average Bonchev–Trinajstić information content (AvgIpc) is 3.20. The van der Waals surface area contributed by atoms with Crippen LogP contribution in [0, 0.1) is 0 Å². The quantitative estimate of drug-likeness (QED) is 0.689. The van der Waals surface area contributed by atoms with Crippen LogP contribution in [0.25, 0.3) is 0 Å². The van der Waals surface area contributed by atoms with Gasteiger partial charge in [0.15, 0.2) is 0 Å². The van der Waals surface area contributed by atoms with Crippen molar-refractivity contribution in [1.82, 2.24) is 5.32 Å². The molecular formula is C14H20N2O2. The summed E-state index contributed by atoms with van der Waals surface area (Å²) < 4.78 is 0. The summed E-state index contributed by atoms with van der Waals surface area (Å²) in [6.45, 7) is 0. The Morgan fingerprint density at radius 3 is 2.67 bits per heavy atom. The fourth-order valence-corrected chi connectivity index (χ4v) is 1.84. The average molecular weight is 248 g/mol. The van der Waals surface area contributed by atoms with E-state index in [9.17, 15) is 9.90 Å². The number of aliphatic hydroxyl groups excluding tert-OH is 1. The Kier molecular flexibility index (Phi) is 4.33. The predicted octanol–water partition coefficient (Wildman–Crippen LogP) is 0.586. The summed E-state index contributed by atoms with van der Waals surface area (Å²) in [6, 6.07) is 9.68. The van der Waals surface area contributed by atoms with E-state index in [0.29, 0.717) is 6.42 Å². The first-order valence-electron chi connectivity index (χ1n) is 6.45. The summed E-state index contributed by atoms with van der Waals surface area (Å²) in [7, 11) is 0. The summed E-state index contributed by atoms with van der Waals surface area (Å²) >= 11 is 0. The topological polar surface area (TPSA) is 75.3 Å². The third-order valence-corrected chi connectivity index (χ3v) is 3.21. The Labute approximate surface area is 107 Å². The van der Waals surface area contributed by atoms with Gasteiger partial charge in [-0.05, 0) is 31.2 Å². The number of benzene rings is 1. The van der Waals surface area contributed by atoms with Gasteiger partial charge in [-0.25, -0.2) is 0 Å². The highest BCUT2D eigenvalue weighted by Crippen LogP contribution is 2.19. The number of aliphatic hydroxyl groups is 1. The minimum atomic E-state index is -1.10. The number of amides is 1. The van der Waals surface area contributed by atoms with Crippen LogP contribution in [0.3, 0.4) is 0 Å². The van der Waals surface area contributed by atoms with Crippen LogP contribution in [0.1, 0.15) is 24.8 Å². The maximum atomic E-state index is 11.6. The van der Waals surface area contributed by atoms with Crippen LogP contribution in [-0.2, 0) is 11.2 Å². The van der Waals surface area contributed by atoms with Gasteiger partial charge >= 0.3 is 0 Å². The lowest BCUT2D eigenvalue weighted by Gasteiger charge is -2.18. The van der Waals surface area contributed by atoms with E-state index in [-0.39, 0.29) is 11.9 Å². The van der Waals surface area contributed by atoms with E-state index in [0.717, 1.165) is 19.3 Å². The Hall–Kier alpha value is -1.39. The fourth-order valence-electron chi connectivity index (χ4n) is 1.84. The molecule has 0 heterocycles. The summed E-state index contributed by atoms with van der Waals surface area (Å²) in [5, 5.41) is 12.6. The van der Waals surface area contributed by atoms with E-state index in [1.54, 1.807) is 0 Å². The molecule has 1 aromatic carbocycles. The van der Waals surface area contributed by atoms with Crippen LogP contribution in [0.2, 0.25) is 0 Å². The maximum absolute atomic E-state index is 11.6. The molecule has 0 aliphatic heterocycles. The molecule has 2 unspecified atom stereocenters. The number of aryl methyl sites for hydroxylation is 1. The van der Waals surface area contributed by atoms with Gasteiger partial charge in [-0.3, -0.25) is 4.79 Å². The SMILES string of the molecule is NC(CCc1ccccc1)C(O)C(=O)NC1CC1. The van der Waals surface area contributed by atoms with Gasteiger partial charge in [0.05, 0.1) is 0 Å². The highest BCUT2D eigenvalue weighted by atomic mass is 16.3. The second-order valence-corrected chi connectivity index (χ2v) is 4.92. The van der Waals surface area contributed by atoms with Crippen LogP contribution < -0.4 is 11.1 Å². The van der Waals surface area contributed by atoms with E-state index in [2.05, 4.69) is 5.32 Å². The minimum absolute atomic E-state index is 0.258. The van der Waals surface area contributed by atoms with Gasteiger partial charge in [0.25, 0.3) is 5.91 Å². The summed E-state index contributed by atoms with van der Waals surface area (Å²) in [5.41, 5.74) is 7.02. The van der Waals surface area contributed by atoms with Gasteiger partial charge in [-0.15, -0.1) is 0 Å². The first kappa shape index (κ1) is 13.1. The minimum Gasteiger partial charge on any atom is -0.382 e. The van der Waals surface area contributed by atoms with Crippen LogP contribution in [0.15, 0.2) is 30.3 Å². The largest absolute Gasteiger partial charge is 0.382 e. The predicted molar refractivity (Wildman–Crippen MR) is 69.9 cm³/mol. The first-order chi connectivity index (χ1) is 8.66. The molecule has 2 rings (SSSR count). The van der Waals surface area contributed by atoms with Crippen LogP contribution >= 0.6 is 0 Å². The summed E-state index contributed by atoms with van der Waals surface area (Å²) in [4.78, 5) is 11.6. The lowest BCUT2D eigenvalue weighted by molar-refractivity contribution is -0.130. The molecule has 98 valence electrons. The summed E-state index contributed by atoms with van der Waals surface area (Å²) in [5.74, 6) is -0.335. The molecule has 0 aromatic heterocycles. The normalized spacial score (nSPS) is 18.1. The van der Waals surface area contributed by atoms with E-state index in [1.165, 1.54) is 5.56 Å². The Morgan fingerprint density at radius 2 is 2.06 bits per heavy atom. The number of rotatable bonds is 6. The Bertz CT molecular complexity index is 390. The van der Waals surface area contributed by atoms with Crippen molar-refractivity contribution in [2.75, 3.05) is 0 Å². The van der Waals surface area contributed by atoms with Crippen LogP contribution in [-0.4, -0.2) is 29.2 Å². The van der Waals surface area contributed by atoms with Crippen LogP contribution in [0.5, 0.6) is 0 Å². The highest BCUT2D eigenvalue weighted by molar-refractivity contribution is 5.81. The zero-order valence-electron chi connectivity index (χ0n) is 10.4. The molecule has 2 atom stereocenters. The number of nitrogens with one attached hydrogen (secondary N) is 1. The molecule has 0 spiro atoms. The van der Waals surface area contributed by atoms with Crippen molar-refractivity contribution in [1.29, 1.82) is 0 Å².